The number of hydrogen-bond acceptors (Lipinski definition) is 8. The van der Waals surface area contributed by atoms with E-state index < -0.39 is 52.4 Å². The molecule has 1 unspecified atom stereocenters. The molecule has 1 fully saturated rings. The first-order valence-corrected chi connectivity index (χ1v) is 11.3. The van der Waals surface area contributed by atoms with Crippen molar-refractivity contribution in [2.45, 2.75) is 69.1 Å². The molecule has 0 saturated carbocycles. The fraction of sp³-hybridized carbons (Fsp3) is 0.600. The molecule has 1 aromatic heterocycles. The second kappa shape index (κ2) is 10.9. The molecule has 0 aromatic carbocycles. The summed E-state index contributed by atoms with van der Waals surface area (Å²) < 4.78 is 17.2. The van der Waals surface area contributed by atoms with Crippen LogP contribution in [0.2, 0.25) is 0 Å². The summed E-state index contributed by atoms with van der Waals surface area (Å²) in [5, 5.41) is 12.6. The van der Waals surface area contributed by atoms with Crippen molar-refractivity contribution in [1.29, 1.82) is 0 Å². The van der Waals surface area contributed by atoms with Crippen LogP contribution in [0.4, 0.5) is 4.79 Å². The summed E-state index contributed by atoms with van der Waals surface area (Å²) in [7, 11) is 0. The van der Waals surface area contributed by atoms with Crippen LogP contribution >= 0.6 is 27.5 Å². The number of carbonyl (C=O) groups excluding carboxylic acids is 2. The molecule has 1 saturated heterocycles. The van der Waals surface area contributed by atoms with E-state index in [1.54, 1.807) is 20.8 Å². The summed E-state index contributed by atoms with van der Waals surface area (Å²) in [6.45, 7) is 8.89. The van der Waals surface area contributed by atoms with E-state index in [9.17, 15) is 24.3 Å². The monoisotopic (exact) mass is 551 g/mol. The van der Waals surface area contributed by atoms with Gasteiger partial charge in [-0.1, -0.05) is 6.08 Å². The van der Waals surface area contributed by atoms with Crippen molar-refractivity contribution in [3.05, 3.63) is 44.2 Å². The number of esters is 1. The van der Waals surface area contributed by atoms with Crippen molar-refractivity contribution in [2.24, 2.45) is 0 Å². The summed E-state index contributed by atoms with van der Waals surface area (Å²) in [5.74, 6) is -2.93. The summed E-state index contributed by atoms with van der Waals surface area (Å²) in [5.41, 5.74) is -2.05. The topological polar surface area (TPSA) is 149 Å². The summed E-state index contributed by atoms with van der Waals surface area (Å²) in [6, 6.07) is 0. The molecular formula is C20H27BrClN3O8. The highest BCUT2D eigenvalue weighted by Gasteiger charge is 2.54. The molecule has 13 heteroatoms. The van der Waals surface area contributed by atoms with E-state index in [1.165, 1.54) is 12.3 Å². The number of aromatic amines is 1. The highest BCUT2D eigenvalue weighted by molar-refractivity contribution is 9.10. The van der Waals surface area contributed by atoms with E-state index in [4.69, 9.17) is 25.8 Å². The number of carbonyl (C=O) groups is 2. The maximum absolute atomic E-state index is 12.4. The van der Waals surface area contributed by atoms with E-state index in [0.717, 1.165) is 4.57 Å². The number of H-pyrrole nitrogens is 1. The Morgan fingerprint density at radius 3 is 2.79 bits per heavy atom. The number of aliphatic hydroxyl groups is 1. The minimum atomic E-state index is -2.16. The molecule has 0 spiro atoms. The van der Waals surface area contributed by atoms with Gasteiger partial charge in [0.1, 0.15) is 17.9 Å². The second-order valence-corrected chi connectivity index (χ2v) is 9.75. The van der Waals surface area contributed by atoms with E-state index in [-0.39, 0.29) is 30.3 Å². The van der Waals surface area contributed by atoms with Crippen LogP contribution in [0, 0.1) is 0 Å². The van der Waals surface area contributed by atoms with Crippen LogP contribution in [0.3, 0.4) is 0 Å². The molecule has 33 heavy (non-hydrogen) atoms. The van der Waals surface area contributed by atoms with Crippen molar-refractivity contribution in [1.82, 2.24) is 14.9 Å². The van der Waals surface area contributed by atoms with Crippen molar-refractivity contribution >= 4 is 39.6 Å². The fourth-order valence-corrected chi connectivity index (χ4v) is 3.64. The Morgan fingerprint density at radius 1 is 1.52 bits per heavy atom. The van der Waals surface area contributed by atoms with Crippen LogP contribution in [0.15, 0.2) is 32.9 Å². The summed E-state index contributed by atoms with van der Waals surface area (Å²) in [6.07, 6.45) is -0.655. The second-order valence-electron chi connectivity index (χ2n) is 8.39. The lowest BCUT2D eigenvalue weighted by Crippen LogP contribution is -2.47. The molecule has 1 aromatic rings. The average Bonchev–Trinajstić information content (AvgIpc) is 3.02. The van der Waals surface area contributed by atoms with Gasteiger partial charge in [-0.2, -0.15) is 0 Å². The van der Waals surface area contributed by atoms with E-state index in [0.29, 0.717) is 0 Å². The first-order valence-electron chi connectivity index (χ1n) is 10.1. The minimum absolute atomic E-state index is 0.0679. The van der Waals surface area contributed by atoms with Gasteiger partial charge in [0.05, 0.1) is 16.3 Å². The van der Waals surface area contributed by atoms with Gasteiger partial charge in [0, 0.05) is 19.2 Å². The standard InChI is InChI=1S/C20H27BrClN3O8/c1-5-12(22)15-20(30,9-13(31-15)25-10-11(21)16(27)24-17(25)28)32-14(26)7-6-8-23-18(29)33-19(2,3)4/h5,10,12-13,15,30H,1,6-9H2,2-4H3,(H,23,29)(H,24,27,28)/t12?,13-,15-,20+/m1/s1. The first kappa shape index (κ1) is 27.1. The molecule has 4 atom stereocenters. The van der Waals surface area contributed by atoms with Gasteiger partial charge in [-0.05, 0) is 43.1 Å². The Kier molecular flexibility index (Phi) is 8.91. The zero-order valence-electron chi connectivity index (χ0n) is 18.4. The van der Waals surface area contributed by atoms with Gasteiger partial charge in [0.25, 0.3) is 5.56 Å². The smallest absolute Gasteiger partial charge is 0.407 e. The van der Waals surface area contributed by atoms with Crippen molar-refractivity contribution < 1.29 is 28.9 Å². The number of ether oxygens (including phenoxy) is 3. The molecule has 1 aliphatic rings. The molecule has 0 bridgehead atoms. The van der Waals surface area contributed by atoms with Crippen LogP contribution < -0.4 is 16.6 Å². The summed E-state index contributed by atoms with van der Waals surface area (Å²) >= 11 is 9.22. The fourth-order valence-electron chi connectivity index (χ4n) is 3.06. The molecule has 3 N–H and O–H groups in total. The Bertz CT molecular complexity index is 1000. The van der Waals surface area contributed by atoms with E-state index in [2.05, 4.69) is 32.8 Å². The predicted octanol–water partition coefficient (Wildman–Crippen LogP) is 1.92. The Morgan fingerprint density at radius 2 is 2.18 bits per heavy atom. The molecule has 0 aliphatic carbocycles. The van der Waals surface area contributed by atoms with Gasteiger partial charge in [-0.15, -0.1) is 18.2 Å². The lowest BCUT2D eigenvalue weighted by molar-refractivity contribution is -0.225. The lowest BCUT2D eigenvalue weighted by atomic mass is 10.0. The van der Waals surface area contributed by atoms with Gasteiger partial charge in [-0.25, -0.2) is 9.59 Å². The number of amides is 1. The van der Waals surface area contributed by atoms with Crippen LogP contribution in [-0.2, 0) is 19.0 Å². The van der Waals surface area contributed by atoms with Gasteiger partial charge in [0.2, 0.25) is 5.79 Å². The predicted molar refractivity (Wildman–Crippen MR) is 122 cm³/mol. The Balaban J connectivity index is 2.04. The quantitative estimate of drug-likeness (QED) is 0.146. The molecule has 1 aliphatic heterocycles. The van der Waals surface area contributed by atoms with Crippen molar-refractivity contribution in [3.63, 3.8) is 0 Å². The zero-order chi connectivity index (χ0) is 25.0. The maximum atomic E-state index is 12.4. The summed E-state index contributed by atoms with van der Waals surface area (Å²) in [4.78, 5) is 49.9. The van der Waals surface area contributed by atoms with Gasteiger partial charge < -0.3 is 24.6 Å². The van der Waals surface area contributed by atoms with Crippen molar-refractivity contribution in [3.8, 4) is 0 Å². The normalized spacial score (nSPS) is 23.6. The van der Waals surface area contributed by atoms with Crippen LogP contribution in [0.25, 0.3) is 0 Å². The highest BCUT2D eigenvalue weighted by Crippen LogP contribution is 2.40. The number of rotatable bonds is 8. The Labute approximate surface area is 203 Å². The van der Waals surface area contributed by atoms with Gasteiger partial charge in [0.15, 0.2) is 0 Å². The van der Waals surface area contributed by atoms with Crippen LogP contribution in [0.5, 0.6) is 0 Å². The molecule has 2 heterocycles. The van der Waals surface area contributed by atoms with Gasteiger partial charge in [-0.3, -0.25) is 19.1 Å². The number of nitrogens with one attached hydrogen (secondary N) is 2. The molecular weight excluding hydrogens is 526 g/mol. The van der Waals surface area contributed by atoms with E-state index in [1.807, 2.05) is 0 Å². The van der Waals surface area contributed by atoms with Crippen LogP contribution in [0.1, 0.15) is 46.3 Å². The molecule has 0 radical (unpaired) electrons. The number of nitrogens with zero attached hydrogens (tertiary/aromatic N) is 1. The third kappa shape index (κ3) is 7.42. The lowest BCUT2D eigenvalue weighted by Gasteiger charge is -2.29. The largest absolute Gasteiger partial charge is 0.444 e. The zero-order valence-corrected chi connectivity index (χ0v) is 20.8. The number of halogens is 2. The molecule has 11 nitrogen and oxygen atoms in total. The Hall–Kier alpha value is -2.15. The van der Waals surface area contributed by atoms with Gasteiger partial charge >= 0.3 is 17.8 Å². The third-order valence-electron chi connectivity index (χ3n) is 4.48. The van der Waals surface area contributed by atoms with Crippen molar-refractivity contribution in [2.75, 3.05) is 6.54 Å². The minimum Gasteiger partial charge on any atom is -0.444 e. The number of aromatic nitrogens is 2. The van der Waals surface area contributed by atoms with Crippen LogP contribution in [-0.4, -0.2) is 56.1 Å². The highest BCUT2D eigenvalue weighted by atomic mass is 79.9. The number of hydrogen-bond donors (Lipinski definition) is 3. The number of alkyl carbamates (subject to hydrolysis) is 1. The third-order valence-corrected chi connectivity index (χ3v) is 5.45. The molecule has 184 valence electrons. The average molecular weight is 553 g/mol. The SMILES string of the molecule is C=CC(Cl)[C@H]1O[C@@H](n2cc(Br)c(=O)[nH]c2=O)C[C@]1(O)OC(=O)CCCNC(=O)OC(C)(C)C. The first-order chi connectivity index (χ1) is 15.3. The van der Waals surface area contributed by atoms with E-state index >= 15 is 0 Å². The molecule has 1 amide bonds. The number of alkyl halides is 1. The molecule has 2 rings (SSSR count). The maximum Gasteiger partial charge on any atom is 0.407 e.